The first kappa shape index (κ1) is 23.2. The number of nitrogens with one attached hydrogen (secondary N) is 2. The number of morpholine rings is 1. The fourth-order valence-corrected chi connectivity index (χ4v) is 3.54. The smallest absolute Gasteiger partial charge is 0.378 e. The van der Waals surface area contributed by atoms with Crippen LogP contribution in [0.5, 0.6) is 0 Å². The molecule has 1 aliphatic heterocycles. The van der Waals surface area contributed by atoms with Crippen molar-refractivity contribution < 1.29 is 22.7 Å². The summed E-state index contributed by atoms with van der Waals surface area (Å²) in [6.45, 7) is 6.15. The lowest BCUT2D eigenvalue weighted by Gasteiger charge is -2.29. The van der Waals surface area contributed by atoms with Crippen molar-refractivity contribution in [1.82, 2.24) is 9.97 Å². The Morgan fingerprint density at radius 3 is 2.56 bits per heavy atom. The van der Waals surface area contributed by atoms with Gasteiger partial charge in [-0.15, -0.1) is 0 Å². The fraction of sp³-hybridized carbons (Fsp3) is 0.208. The normalized spacial score (nSPS) is 13.9. The number of aromatic nitrogens is 2. The molecule has 3 aromatic rings. The molecule has 7 nitrogen and oxygen atoms in total. The molecule has 4 rings (SSSR count). The lowest BCUT2D eigenvalue weighted by molar-refractivity contribution is -0.137. The van der Waals surface area contributed by atoms with E-state index in [1.54, 1.807) is 12.1 Å². The van der Waals surface area contributed by atoms with Crippen molar-refractivity contribution >= 4 is 28.9 Å². The molecule has 1 amide bonds. The van der Waals surface area contributed by atoms with Gasteiger partial charge in [-0.25, -0.2) is 9.97 Å². The van der Waals surface area contributed by atoms with Crippen molar-refractivity contribution in [3.63, 3.8) is 0 Å². The summed E-state index contributed by atoms with van der Waals surface area (Å²) >= 11 is 0. The van der Waals surface area contributed by atoms with Crippen molar-refractivity contribution in [1.29, 1.82) is 0 Å². The summed E-state index contributed by atoms with van der Waals surface area (Å²) in [7, 11) is 0. The van der Waals surface area contributed by atoms with E-state index >= 15 is 0 Å². The highest BCUT2D eigenvalue weighted by Crippen LogP contribution is 2.37. The lowest BCUT2D eigenvalue weighted by atomic mass is 10.1. The molecular weight excluding hydrogens is 447 g/mol. The van der Waals surface area contributed by atoms with E-state index in [0.29, 0.717) is 24.6 Å². The average molecular weight is 469 g/mol. The summed E-state index contributed by atoms with van der Waals surface area (Å²) < 4.78 is 46.5. The molecule has 176 valence electrons. The molecule has 0 radical (unpaired) electrons. The second-order valence-electron chi connectivity index (χ2n) is 7.50. The standard InChI is InChI=1S/C24H22F3N5O2/c1-2-21(33)29-17-6-3-5-16(13-17)22-20(24(25,26)27)15-28-23(31-22)30-18-7-4-8-19(14-18)32-9-11-34-12-10-32/h2-8,13-15H,1,9-12H2,(H,29,33)(H,28,30,31). The Labute approximate surface area is 194 Å². The van der Waals surface area contributed by atoms with Crippen LogP contribution in [0.1, 0.15) is 5.56 Å². The van der Waals surface area contributed by atoms with Gasteiger partial charge in [0.25, 0.3) is 0 Å². The first-order valence-electron chi connectivity index (χ1n) is 10.5. The summed E-state index contributed by atoms with van der Waals surface area (Å²) in [5, 5.41) is 5.54. The first-order chi connectivity index (χ1) is 16.3. The van der Waals surface area contributed by atoms with Crippen LogP contribution in [0, 0.1) is 0 Å². The highest BCUT2D eigenvalue weighted by atomic mass is 19.4. The summed E-state index contributed by atoms with van der Waals surface area (Å²) in [4.78, 5) is 21.8. The average Bonchev–Trinajstić information content (AvgIpc) is 2.84. The summed E-state index contributed by atoms with van der Waals surface area (Å²) in [6, 6.07) is 13.5. The molecule has 1 aromatic heterocycles. The molecule has 0 bridgehead atoms. The largest absolute Gasteiger partial charge is 0.419 e. The van der Waals surface area contributed by atoms with Crippen LogP contribution in [-0.2, 0) is 15.7 Å². The van der Waals surface area contributed by atoms with E-state index in [9.17, 15) is 18.0 Å². The van der Waals surface area contributed by atoms with Gasteiger partial charge in [0.1, 0.15) is 5.56 Å². The van der Waals surface area contributed by atoms with E-state index in [0.717, 1.165) is 31.0 Å². The molecule has 34 heavy (non-hydrogen) atoms. The van der Waals surface area contributed by atoms with E-state index in [1.807, 2.05) is 18.2 Å². The molecule has 0 saturated carbocycles. The van der Waals surface area contributed by atoms with E-state index in [-0.39, 0.29) is 17.2 Å². The van der Waals surface area contributed by atoms with Gasteiger partial charge in [0.05, 0.1) is 18.9 Å². The fourth-order valence-electron chi connectivity index (χ4n) is 3.54. The molecule has 2 N–H and O–H groups in total. The molecule has 1 saturated heterocycles. The molecule has 10 heteroatoms. The van der Waals surface area contributed by atoms with Gasteiger partial charge in [0, 0.05) is 41.9 Å². The minimum absolute atomic E-state index is 0.0163. The predicted octanol–water partition coefficient (Wildman–Crippen LogP) is 4.87. The van der Waals surface area contributed by atoms with Crippen molar-refractivity contribution in [2.75, 3.05) is 41.8 Å². The van der Waals surface area contributed by atoms with E-state index in [2.05, 4.69) is 32.1 Å². The summed E-state index contributed by atoms with van der Waals surface area (Å²) in [5.74, 6) is -0.457. The van der Waals surface area contributed by atoms with Crippen LogP contribution in [0.4, 0.5) is 36.2 Å². The zero-order valence-electron chi connectivity index (χ0n) is 18.1. The molecule has 0 aliphatic carbocycles. The maximum absolute atomic E-state index is 13.7. The minimum Gasteiger partial charge on any atom is -0.378 e. The van der Waals surface area contributed by atoms with Crippen molar-refractivity contribution in [3.05, 3.63) is 72.9 Å². The second-order valence-corrected chi connectivity index (χ2v) is 7.50. The zero-order valence-corrected chi connectivity index (χ0v) is 18.1. The van der Waals surface area contributed by atoms with Gasteiger partial charge in [-0.3, -0.25) is 4.79 Å². The van der Waals surface area contributed by atoms with Gasteiger partial charge in [0.15, 0.2) is 0 Å². The number of anilines is 4. The van der Waals surface area contributed by atoms with Gasteiger partial charge in [-0.05, 0) is 36.4 Å². The van der Waals surface area contributed by atoms with Crippen LogP contribution >= 0.6 is 0 Å². The van der Waals surface area contributed by atoms with Gasteiger partial charge >= 0.3 is 6.18 Å². The molecule has 2 aromatic carbocycles. The number of alkyl halides is 3. The molecule has 1 fully saturated rings. The number of nitrogens with zero attached hydrogens (tertiary/aromatic N) is 3. The number of ether oxygens (including phenoxy) is 1. The van der Waals surface area contributed by atoms with Gasteiger partial charge < -0.3 is 20.3 Å². The quantitative estimate of drug-likeness (QED) is 0.502. The van der Waals surface area contributed by atoms with Crippen LogP contribution < -0.4 is 15.5 Å². The van der Waals surface area contributed by atoms with Crippen LogP contribution in [0.15, 0.2) is 67.4 Å². The Morgan fingerprint density at radius 2 is 1.82 bits per heavy atom. The Morgan fingerprint density at radius 1 is 1.09 bits per heavy atom. The molecule has 2 heterocycles. The highest BCUT2D eigenvalue weighted by Gasteiger charge is 2.35. The number of amides is 1. The predicted molar refractivity (Wildman–Crippen MR) is 124 cm³/mol. The molecule has 0 atom stereocenters. The summed E-state index contributed by atoms with van der Waals surface area (Å²) in [5.41, 5.74) is 0.827. The van der Waals surface area contributed by atoms with Crippen LogP contribution in [-0.4, -0.2) is 42.2 Å². The monoisotopic (exact) mass is 469 g/mol. The molecule has 0 spiro atoms. The SMILES string of the molecule is C=CC(=O)Nc1cccc(-c2nc(Nc3cccc(N4CCOCC4)c3)ncc2C(F)(F)F)c1. The Hall–Kier alpha value is -3.92. The van der Waals surface area contributed by atoms with Crippen LogP contribution in [0.25, 0.3) is 11.3 Å². The van der Waals surface area contributed by atoms with Crippen molar-refractivity contribution in [2.45, 2.75) is 6.18 Å². The lowest BCUT2D eigenvalue weighted by Crippen LogP contribution is -2.36. The van der Waals surface area contributed by atoms with Gasteiger partial charge in [0.2, 0.25) is 11.9 Å². The van der Waals surface area contributed by atoms with Crippen molar-refractivity contribution in [2.24, 2.45) is 0 Å². The summed E-state index contributed by atoms with van der Waals surface area (Å²) in [6.07, 6.45) is -2.83. The number of hydrogen-bond donors (Lipinski definition) is 2. The van der Waals surface area contributed by atoms with Gasteiger partial charge in [-0.2, -0.15) is 13.2 Å². The third-order valence-electron chi connectivity index (χ3n) is 5.16. The third-order valence-corrected chi connectivity index (χ3v) is 5.16. The van der Waals surface area contributed by atoms with Crippen molar-refractivity contribution in [3.8, 4) is 11.3 Å². The maximum Gasteiger partial charge on any atom is 0.419 e. The van der Waals surface area contributed by atoms with E-state index < -0.39 is 17.6 Å². The number of carbonyl (C=O) groups excluding carboxylic acids is 1. The van der Waals surface area contributed by atoms with E-state index in [1.165, 1.54) is 18.2 Å². The number of carbonyl (C=O) groups is 1. The molecular formula is C24H22F3N5O2. The Balaban J connectivity index is 1.66. The highest BCUT2D eigenvalue weighted by molar-refractivity contribution is 5.99. The van der Waals surface area contributed by atoms with Gasteiger partial charge in [-0.1, -0.05) is 24.8 Å². The minimum atomic E-state index is -4.66. The Bertz CT molecular complexity index is 1190. The van der Waals surface area contributed by atoms with E-state index in [4.69, 9.17) is 4.74 Å². The number of rotatable bonds is 6. The second kappa shape index (κ2) is 9.92. The molecule has 0 unspecified atom stereocenters. The Kier molecular flexibility index (Phi) is 6.78. The third kappa shape index (κ3) is 5.52. The number of hydrogen-bond acceptors (Lipinski definition) is 6. The first-order valence-corrected chi connectivity index (χ1v) is 10.5. The topological polar surface area (TPSA) is 79.4 Å². The maximum atomic E-state index is 13.7. The van der Waals surface area contributed by atoms with Crippen LogP contribution in [0.3, 0.4) is 0 Å². The molecule has 1 aliphatic rings. The number of halogens is 3. The number of benzene rings is 2. The van der Waals surface area contributed by atoms with Crippen LogP contribution in [0.2, 0.25) is 0 Å². The zero-order chi connectivity index (χ0) is 24.1.